The molecule has 0 saturated carbocycles. The Morgan fingerprint density at radius 2 is 1.85 bits per heavy atom. The number of ether oxygens (including phenoxy) is 1. The molecular weight excluding hydrogens is 308 g/mol. The van der Waals surface area contributed by atoms with Gasteiger partial charge in [0.05, 0.1) is 12.7 Å². The normalized spacial score (nSPS) is 10.4. The monoisotopic (exact) mass is 315 g/mol. The third-order valence-corrected chi connectivity index (χ3v) is 3.01. The zero-order valence-electron chi connectivity index (χ0n) is 10.2. The van der Waals surface area contributed by atoms with E-state index in [0.717, 1.165) is 13.2 Å². The molecule has 1 aromatic carbocycles. The van der Waals surface area contributed by atoms with Crippen molar-refractivity contribution in [3.05, 3.63) is 57.1 Å². The number of carbonyl (C=O) groups excluding carboxylic acids is 1. The third kappa shape index (κ3) is 2.84. The first-order chi connectivity index (χ1) is 9.42. The van der Waals surface area contributed by atoms with Gasteiger partial charge < -0.3 is 9.94 Å². The first-order valence-corrected chi connectivity index (χ1v) is 6.15. The first kappa shape index (κ1) is 14.6. The number of hydrogen-bond donors (Lipinski definition) is 0. The summed E-state index contributed by atoms with van der Waals surface area (Å²) in [5, 5.41) is 12.4. The van der Waals surface area contributed by atoms with E-state index in [1.54, 1.807) is 0 Å². The van der Waals surface area contributed by atoms with E-state index in [2.05, 4.69) is 4.74 Å². The summed E-state index contributed by atoms with van der Waals surface area (Å²) in [5.41, 5.74) is 0.0598. The van der Waals surface area contributed by atoms with Crippen LogP contribution in [0.4, 0.5) is 4.39 Å². The summed E-state index contributed by atoms with van der Waals surface area (Å²) in [4.78, 5) is 11.4. The summed E-state index contributed by atoms with van der Waals surface area (Å²) in [6, 6.07) is 5.55. The zero-order valence-corrected chi connectivity index (χ0v) is 11.7. The fourth-order valence-corrected chi connectivity index (χ4v) is 2.22. The molecule has 20 heavy (non-hydrogen) atoms. The van der Waals surface area contributed by atoms with Gasteiger partial charge in [-0.1, -0.05) is 23.2 Å². The molecule has 0 unspecified atom stereocenters. The summed E-state index contributed by atoms with van der Waals surface area (Å²) in [5.74, 6) is -1.85. The molecule has 0 aliphatic rings. The molecule has 0 radical (unpaired) electrons. The van der Waals surface area contributed by atoms with Gasteiger partial charge in [0.2, 0.25) is 17.7 Å². The summed E-state index contributed by atoms with van der Waals surface area (Å²) in [6.07, 6.45) is 0.649. The van der Waals surface area contributed by atoms with Gasteiger partial charge in [0.15, 0.2) is 0 Å². The quantitative estimate of drug-likeness (QED) is 0.486. The molecule has 104 valence electrons. The highest BCUT2D eigenvalue weighted by Gasteiger charge is 2.21. The smallest absolute Gasteiger partial charge is 0.341 e. The number of aromatic nitrogens is 1. The number of pyridine rings is 1. The lowest BCUT2D eigenvalue weighted by Gasteiger charge is -2.08. The van der Waals surface area contributed by atoms with Gasteiger partial charge in [-0.3, -0.25) is 0 Å². The fraction of sp³-hybridized carbons (Fsp3) is 0.0769. The summed E-state index contributed by atoms with van der Waals surface area (Å²) in [6.45, 7) is 0. The molecule has 0 amide bonds. The zero-order chi connectivity index (χ0) is 14.9. The molecule has 0 spiro atoms. The number of benzene rings is 1. The Morgan fingerprint density at radius 3 is 2.40 bits per heavy atom. The number of carbonyl (C=O) groups is 1. The van der Waals surface area contributed by atoms with Crippen LogP contribution in [0, 0.1) is 11.0 Å². The van der Waals surface area contributed by atoms with E-state index in [9.17, 15) is 14.4 Å². The van der Waals surface area contributed by atoms with E-state index in [-0.39, 0.29) is 11.3 Å². The minimum absolute atomic E-state index is 0.0381. The van der Waals surface area contributed by atoms with Crippen LogP contribution in [0.15, 0.2) is 30.5 Å². The van der Waals surface area contributed by atoms with Gasteiger partial charge in [-0.15, -0.1) is 0 Å². The maximum Gasteiger partial charge on any atom is 0.341 e. The van der Waals surface area contributed by atoms with Crippen LogP contribution in [-0.4, -0.2) is 13.1 Å². The molecule has 0 fully saturated rings. The predicted octanol–water partition coefficient (Wildman–Crippen LogP) is 3.22. The van der Waals surface area contributed by atoms with Crippen LogP contribution in [-0.2, 0) is 4.74 Å². The van der Waals surface area contributed by atoms with Crippen LogP contribution in [0.5, 0.6) is 0 Å². The summed E-state index contributed by atoms with van der Waals surface area (Å²) < 4.78 is 18.3. The SMILES string of the molecule is COC(=O)c1cc(-c2cc(Cl)cc(Cl)c2)[n+]([O-])cc1F. The van der Waals surface area contributed by atoms with E-state index in [0.29, 0.717) is 26.5 Å². The van der Waals surface area contributed by atoms with Gasteiger partial charge >= 0.3 is 5.97 Å². The standard InChI is InChI=1S/C13H8Cl2FNO3/c1-20-13(18)10-5-12(17(19)6-11(10)16)7-2-8(14)4-9(15)3-7/h2-6H,1H3. The topological polar surface area (TPSA) is 53.2 Å². The number of esters is 1. The lowest BCUT2D eigenvalue weighted by molar-refractivity contribution is -0.595. The molecular formula is C13H8Cl2FNO3. The molecule has 0 bridgehead atoms. The van der Waals surface area contributed by atoms with Crippen LogP contribution in [0.25, 0.3) is 11.3 Å². The maximum atomic E-state index is 13.6. The van der Waals surface area contributed by atoms with E-state index in [1.807, 2.05) is 0 Å². The van der Waals surface area contributed by atoms with E-state index in [1.165, 1.54) is 18.2 Å². The average molecular weight is 316 g/mol. The van der Waals surface area contributed by atoms with Crippen LogP contribution in [0.3, 0.4) is 0 Å². The summed E-state index contributed by atoms with van der Waals surface area (Å²) >= 11 is 11.7. The Hall–Kier alpha value is -1.85. The summed E-state index contributed by atoms with van der Waals surface area (Å²) in [7, 11) is 1.12. The minimum Gasteiger partial charge on any atom is -0.618 e. The van der Waals surface area contributed by atoms with E-state index < -0.39 is 11.8 Å². The molecule has 0 saturated heterocycles. The van der Waals surface area contributed by atoms with Gasteiger partial charge in [0.25, 0.3) is 0 Å². The highest BCUT2D eigenvalue weighted by molar-refractivity contribution is 6.35. The van der Waals surface area contributed by atoms with Gasteiger partial charge in [-0.25, -0.2) is 4.79 Å². The van der Waals surface area contributed by atoms with Gasteiger partial charge in [0.1, 0.15) is 5.56 Å². The molecule has 7 heteroatoms. The van der Waals surface area contributed by atoms with Crippen LogP contribution in [0.2, 0.25) is 10.0 Å². The number of rotatable bonds is 2. The molecule has 4 nitrogen and oxygen atoms in total. The first-order valence-electron chi connectivity index (χ1n) is 5.40. The van der Waals surface area contributed by atoms with Gasteiger partial charge in [-0.05, 0) is 18.2 Å². The molecule has 0 aliphatic heterocycles. The van der Waals surface area contributed by atoms with Crippen molar-refractivity contribution in [1.82, 2.24) is 0 Å². The van der Waals surface area contributed by atoms with E-state index in [4.69, 9.17) is 23.2 Å². The Bertz CT molecular complexity index is 671. The second-order valence-electron chi connectivity index (χ2n) is 3.90. The van der Waals surface area contributed by atoms with Crippen molar-refractivity contribution in [3.8, 4) is 11.3 Å². The second kappa shape index (κ2) is 5.64. The molecule has 0 atom stereocenters. The molecule has 0 aliphatic carbocycles. The Morgan fingerprint density at radius 1 is 1.25 bits per heavy atom. The highest BCUT2D eigenvalue weighted by Crippen LogP contribution is 2.26. The molecule has 2 rings (SSSR count). The van der Waals surface area contributed by atoms with Crippen molar-refractivity contribution in [2.75, 3.05) is 7.11 Å². The Balaban J connectivity index is 2.64. The van der Waals surface area contributed by atoms with Crippen LogP contribution < -0.4 is 4.73 Å². The molecule has 2 aromatic rings. The van der Waals surface area contributed by atoms with Gasteiger partial charge in [0, 0.05) is 16.1 Å². The van der Waals surface area contributed by atoms with Crippen molar-refractivity contribution < 1.29 is 18.7 Å². The van der Waals surface area contributed by atoms with Crippen LogP contribution >= 0.6 is 23.2 Å². The molecule has 0 N–H and O–H groups in total. The molecule has 1 aromatic heterocycles. The number of halogens is 3. The van der Waals surface area contributed by atoms with Crippen molar-refractivity contribution >= 4 is 29.2 Å². The minimum atomic E-state index is -0.969. The second-order valence-corrected chi connectivity index (χ2v) is 4.77. The Kier molecular flexibility index (Phi) is 4.11. The molecule has 1 heterocycles. The lowest BCUT2D eigenvalue weighted by Crippen LogP contribution is -2.30. The van der Waals surface area contributed by atoms with Crippen molar-refractivity contribution in [2.24, 2.45) is 0 Å². The highest BCUT2D eigenvalue weighted by atomic mass is 35.5. The van der Waals surface area contributed by atoms with Crippen molar-refractivity contribution in [3.63, 3.8) is 0 Å². The fourth-order valence-electron chi connectivity index (χ4n) is 1.69. The number of methoxy groups -OCH3 is 1. The lowest BCUT2D eigenvalue weighted by atomic mass is 10.1. The van der Waals surface area contributed by atoms with Crippen molar-refractivity contribution in [1.29, 1.82) is 0 Å². The average Bonchev–Trinajstić information content (AvgIpc) is 2.36. The Labute approximate surface area is 123 Å². The third-order valence-electron chi connectivity index (χ3n) is 2.57. The number of nitrogens with zero attached hydrogens (tertiary/aromatic N) is 1. The largest absolute Gasteiger partial charge is 0.618 e. The number of hydrogen-bond acceptors (Lipinski definition) is 3. The van der Waals surface area contributed by atoms with Crippen molar-refractivity contribution in [2.45, 2.75) is 0 Å². The van der Waals surface area contributed by atoms with E-state index >= 15 is 0 Å². The maximum absolute atomic E-state index is 13.6. The predicted molar refractivity (Wildman–Crippen MR) is 72.2 cm³/mol. The van der Waals surface area contributed by atoms with Crippen LogP contribution in [0.1, 0.15) is 10.4 Å². The van der Waals surface area contributed by atoms with Gasteiger partial charge in [-0.2, -0.15) is 9.12 Å².